The van der Waals surface area contributed by atoms with E-state index >= 15 is 0 Å². The molecular weight excluding hydrogens is 378 g/mol. The van der Waals surface area contributed by atoms with Crippen molar-refractivity contribution in [3.8, 4) is 5.75 Å². The zero-order chi connectivity index (χ0) is 15.6. The SMILES string of the molecule is COc1ccc(S(=O)(=O)N(C)c2ccccc2Cl)cc1Br. The molecule has 0 aliphatic carbocycles. The van der Waals surface area contributed by atoms with E-state index in [1.165, 1.54) is 26.3 Å². The number of hydrogen-bond acceptors (Lipinski definition) is 3. The van der Waals surface area contributed by atoms with Gasteiger partial charge >= 0.3 is 0 Å². The van der Waals surface area contributed by atoms with Crippen LogP contribution in [0.25, 0.3) is 0 Å². The van der Waals surface area contributed by atoms with E-state index in [-0.39, 0.29) is 4.90 Å². The monoisotopic (exact) mass is 389 g/mol. The van der Waals surface area contributed by atoms with Gasteiger partial charge in [-0.25, -0.2) is 8.42 Å². The molecule has 0 atom stereocenters. The summed E-state index contributed by atoms with van der Waals surface area (Å²) in [5, 5.41) is 0.371. The van der Waals surface area contributed by atoms with Crippen LogP contribution in [-0.2, 0) is 10.0 Å². The van der Waals surface area contributed by atoms with Crippen LogP contribution in [-0.4, -0.2) is 22.6 Å². The summed E-state index contributed by atoms with van der Waals surface area (Å²) < 4.78 is 32.1. The van der Waals surface area contributed by atoms with Crippen molar-refractivity contribution in [2.75, 3.05) is 18.5 Å². The smallest absolute Gasteiger partial charge is 0.264 e. The lowest BCUT2D eigenvalue weighted by atomic mass is 10.3. The van der Waals surface area contributed by atoms with E-state index in [9.17, 15) is 8.42 Å². The van der Waals surface area contributed by atoms with Crippen molar-refractivity contribution in [3.63, 3.8) is 0 Å². The molecule has 4 nitrogen and oxygen atoms in total. The molecule has 0 spiro atoms. The molecule has 0 aliphatic heterocycles. The highest BCUT2D eigenvalue weighted by atomic mass is 79.9. The number of anilines is 1. The van der Waals surface area contributed by atoms with E-state index in [1.54, 1.807) is 30.3 Å². The van der Waals surface area contributed by atoms with Crippen molar-refractivity contribution in [2.45, 2.75) is 4.90 Å². The number of para-hydroxylation sites is 1. The Morgan fingerprint density at radius 3 is 2.43 bits per heavy atom. The topological polar surface area (TPSA) is 46.6 Å². The number of rotatable bonds is 4. The molecule has 0 heterocycles. The van der Waals surface area contributed by atoms with Gasteiger partial charge in [-0.1, -0.05) is 23.7 Å². The van der Waals surface area contributed by atoms with Gasteiger partial charge in [0.1, 0.15) is 5.75 Å². The second kappa shape index (κ2) is 6.25. The van der Waals surface area contributed by atoms with E-state index in [0.717, 1.165) is 4.31 Å². The summed E-state index contributed by atoms with van der Waals surface area (Å²) in [4.78, 5) is 0.151. The van der Waals surface area contributed by atoms with Crippen molar-refractivity contribution >= 4 is 43.2 Å². The molecule has 0 unspecified atom stereocenters. The van der Waals surface area contributed by atoms with Gasteiger partial charge in [-0.05, 0) is 46.3 Å². The maximum Gasteiger partial charge on any atom is 0.264 e. The predicted molar refractivity (Wildman–Crippen MR) is 87.7 cm³/mol. The first kappa shape index (κ1) is 16.1. The molecule has 0 amide bonds. The van der Waals surface area contributed by atoms with E-state index in [1.807, 2.05) is 0 Å². The molecule has 0 bridgehead atoms. The number of nitrogens with zero attached hydrogens (tertiary/aromatic N) is 1. The molecule has 0 saturated carbocycles. The zero-order valence-corrected chi connectivity index (χ0v) is 14.5. The maximum absolute atomic E-state index is 12.6. The molecule has 0 fully saturated rings. The lowest BCUT2D eigenvalue weighted by Crippen LogP contribution is -2.26. The Bertz CT molecular complexity index is 765. The molecule has 2 aromatic rings. The van der Waals surface area contributed by atoms with Gasteiger partial charge in [-0.2, -0.15) is 0 Å². The number of ether oxygens (including phenoxy) is 1. The number of benzene rings is 2. The third kappa shape index (κ3) is 3.17. The highest BCUT2D eigenvalue weighted by Gasteiger charge is 2.23. The first-order valence-corrected chi connectivity index (χ1v) is 8.56. The number of hydrogen-bond donors (Lipinski definition) is 0. The van der Waals surface area contributed by atoms with Gasteiger partial charge in [0, 0.05) is 7.05 Å². The van der Waals surface area contributed by atoms with Gasteiger partial charge in [0.2, 0.25) is 0 Å². The van der Waals surface area contributed by atoms with Crippen LogP contribution in [0, 0.1) is 0 Å². The summed E-state index contributed by atoms with van der Waals surface area (Å²) in [5.74, 6) is 0.564. The number of sulfonamides is 1. The van der Waals surface area contributed by atoms with Crippen LogP contribution in [0.3, 0.4) is 0 Å². The van der Waals surface area contributed by atoms with Gasteiger partial charge in [-0.15, -0.1) is 0 Å². The van der Waals surface area contributed by atoms with Crippen LogP contribution in [0.15, 0.2) is 51.8 Å². The molecule has 2 aromatic carbocycles. The summed E-state index contributed by atoms with van der Waals surface area (Å²) in [5.41, 5.74) is 0.422. The van der Waals surface area contributed by atoms with Crippen molar-refractivity contribution < 1.29 is 13.2 Å². The third-order valence-electron chi connectivity index (χ3n) is 2.97. The van der Waals surface area contributed by atoms with Crippen LogP contribution in [0.1, 0.15) is 0 Å². The number of methoxy groups -OCH3 is 1. The lowest BCUT2D eigenvalue weighted by Gasteiger charge is -2.21. The molecule has 7 heteroatoms. The molecule has 112 valence electrons. The van der Waals surface area contributed by atoms with E-state index in [4.69, 9.17) is 16.3 Å². The molecule has 2 rings (SSSR count). The minimum atomic E-state index is -3.70. The lowest BCUT2D eigenvalue weighted by molar-refractivity contribution is 0.411. The first-order chi connectivity index (χ1) is 9.87. The summed E-state index contributed by atoms with van der Waals surface area (Å²) in [7, 11) is -0.714. The molecule has 0 radical (unpaired) electrons. The Labute approximate surface area is 137 Å². The Balaban J connectivity index is 2.47. The summed E-state index contributed by atoms with van der Waals surface area (Å²) in [6.07, 6.45) is 0. The Morgan fingerprint density at radius 1 is 1.19 bits per heavy atom. The van der Waals surface area contributed by atoms with Gasteiger partial charge in [0.25, 0.3) is 10.0 Å². The summed E-state index contributed by atoms with van der Waals surface area (Å²) >= 11 is 9.34. The van der Waals surface area contributed by atoms with Crippen molar-refractivity contribution in [2.24, 2.45) is 0 Å². The zero-order valence-electron chi connectivity index (χ0n) is 11.4. The van der Waals surface area contributed by atoms with Crippen LogP contribution in [0.2, 0.25) is 5.02 Å². The Hall–Kier alpha value is -1.24. The minimum absolute atomic E-state index is 0.151. The van der Waals surface area contributed by atoms with Crippen molar-refractivity contribution in [1.82, 2.24) is 0 Å². The van der Waals surface area contributed by atoms with E-state index < -0.39 is 10.0 Å². The quantitative estimate of drug-likeness (QED) is 0.794. The van der Waals surface area contributed by atoms with E-state index in [2.05, 4.69) is 15.9 Å². The number of halogens is 2. The molecule has 21 heavy (non-hydrogen) atoms. The van der Waals surface area contributed by atoms with Crippen LogP contribution in [0.4, 0.5) is 5.69 Å². The first-order valence-electron chi connectivity index (χ1n) is 5.95. The third-order valence-corrected chi connectivity index (χ3v) is 5.68. The summed E-state index contributed by atoms with van der Waals surface area (Å²) in [6, 6.07) is 11.4. The Kier molecular flexibility index (Phi) is 4.81. The van der Waals surface area contributed by atoms with Crippen LogP contribution in [0.5, 0.6) is 5.75 Å². The average Bonchev–Trinajstić information content (AvgIpc) is 2.47. The summed E-state index contributed by atoms with van der Waals surface area (Å²) in [6.45, 7) is 0. The predicted octanol–water partition coefficient (Wildman–Crippen LogP) is 3.94. The second-order valence-electron chi connectivity index (χ2n) is 4.22. The fourth-order valence-electron chi connectivity index (χ4n) is 1.80. The van der Waals surface area contributed by atoms with Gasteiger partial charge in [-0.3, -0.25) is 4.31 Å². The fraction of sp³-hybridized carbons (Fsp3) is 0.143. The van der Waals surface area contributed by atoms with Crippen LogP contribution < -0.4 is 9.04 Å². The standard InChI is InChI=1S/C14H13BrClNO3S/c1-17(13-6-4-3-5-12(13)16)21(18,19)10-7-8-14(20-2)11(15)9-10/h3-9H,1-2H3. The van der Waals surface area contributed by atoms with Gasteiger partial charge < -0.3 is 4.74 Å². The van der Waals surface area contributed by atoms with Crippen molar-refractivity contribution in [1.29, 1.82) is 0 Å². The largest absolute Gasteiger partial charge is 0.496 e. The molecule has 0 aliphatic rings. The minimum Gasteiger partial charge on any atom is -0.496 e. The second-order valence-corrected chi connectivity index (χ2v) is 7.45. The highest BCUT2D eigenvalue weighted by molar-refractivity contribution is 9.10. The van der Waals surface area contributed by atoms with Gasteiger partial charge in [0.15, 0.2) is 0 Å². The fourth-order valence-corrected chi connectivity index (χ4v) is 4.05. The van der Waals surface area contributed by atoms with Crippen molar-refractivity contribution in [3.05, 3.63) is 52.0 Å². The Morgan fingerprint density at radius 2 is 1.86 bits per heavy atom. The maximum atomic E-state index is 12.6. The average molecular weight is 391 g/mol. The molecular formula is C14H13BrClNO3S. The van der Waals surface area contributed by atoms with Crippen LogP contribution >= 0.6 is 27.5 Å². The van der Waals surface area contributed by atoms with Gasteiger partial charge in [0.05, 0.1) is 27.2 Å². The molecule has 0 N–H and O–H groups in total. The molecule has 0 aromatic heterocycles. The van der Waals surface area contributed by atoms with E-state index in [0.29, 0.717) is 20.9 Å². The normalized spacial score (nSPS) is 11.2. The highest BCUT2D eigenvalue weighted by Crippen LogP contribution is 2.32. The molecule has 0 saturated heterocycles.